The van der Waals surface area contributed by atoms with Crippen molar-refractivity contribution in [2.24, 2.45) is 5.92 Å². The maximum atomic E-state index is 12.1. The van der Waals surface area contributed by atoms with Gasteiger partial charge in [0.1, 0.15) is 5.60 Å². The first-order valence-corrected chi connectivity index (χ1v) is 8.13. The Morgan fingerprint density at radius 2 is 2.05 bits per heavy atom. The molecule has 1 N–H and O–H groups in total. The molecule has 1 heterocycles. The summed E-state index contributed by atoms with van der Waals surface area (Å²) in [5.74, 6) is 0.889. The standard InChI is InChI=1S/C16H30N2O2/c1-5-12-11-14(12)17-13-7-6-9-18(10-8-13)15(19)20-16(2,3)4/h12-14,17H,5-11H2,1-4H3. The molecule has 4 nitrogen and oxygen atoms in total. The lowest BCUT2D eigenvalue weighted by Gasteiger charge is -2.26. The third-order valence-electron chi connectivity index (χ3n) is 4.28. The van der Waals surface area contributed by atoms with Crippen molar-refractivity contribution in [2.45, 2.75) is 77.5 Å². The summed E-state index contributed by atoms with van der Waals surface area (Å²) in [4.78, 5) is 14.0. The molecule has 2 rings (SSSR count). The second-order valence-corrected chi connectivity index (χ2v) is 7.27. The van der Waals surface area contributed by atoms with E-state index in [4.69, 9.17) is 4.74 Å². The Bertz CT molecular complexity index is 338. The normalized spacial score (nSPS) is 30.8. The van der Waals surface area contributed by atoms with Crippen LogP contribution in [0.5, 0.6) is 0 Å². The average Bonchev–Trinajstić information content (AvgIpc) is 3.10. The molecule has 3 atom stereocenters. The molecule has 1 saturated heterocycles. The number of nitrogens with one attached hydrogen (secondary N) is 1. The van der Waals surface area contributed by atoms with E-state index in [1.807, 2.05) is 25.7 Å². The zero-order valence-electron chi connectivity index (χ0n) is 13.4. The van der Waals surface area contributed by atoms with Gasteiger partial charge in [0.05, 0.1) is 0 Å². The minimum atomic E-state index is -0.399. The van der Waals surface area contributed by atoms with Gasteiger partial charge in [-0.2, -0.15) is 0 Å². The fraction of sp³-hybridized carbons (Fsp3) is 0.938. The van der Waals surface area contributed by atoms with Crippen molar-refractivity contribution in [3.05, 3.63) is 0 Å². The van der Waals surface area contributed by atoms with E-state index in [-0.39, 0.29) is 6.09 Å². The Kier molecular flexibility index (Phi) is 4.95. The molecule has 116 valence electrons. The number of likely N-dealkylation sites (tertiary alicyclic amines) is 1. The molecule has 1 amide bonds. The van der Waals surface area contributed by atoms with E-state index < -0.39 is 5.60 Å². The molecule has 1 saturated carbocycles. The van der Waals surface area contributed by atoms with E-state index >= 15 is 0 Å². The van der Waals surface area contributed by atoms with Crippen LogP contribution < -0.4 is 5.32 Å². The van der Waals surface area contributed by atoms with Crippen LogP contribution in [0.25, 0.3) is 0 Å². The summed E-state index contributed by atoms with van der Waals surface area (Å²) in [6.45, 7) is 9.68. The Hall–Kier alpha value is -0.770. The van der Waals surface area contributed by atoms with Crippen LogP contribution in [0.2, 0.25) is 0 Å². The zero-order valence-corrected chi connectivity index (χ0v) is 13.4. The third kappa shape index (κ3) is 4.65. The van der Waals surface area contributed by atoms with E-state index in [1.165, 1.54) is 19.3 Å². The van der Waals surface area contributed by atoms with Gasteiger partial charge in [-0.1, -0.05) is 13.3 Å². The lowest BCUT2D eigenvalue weighted by atomic mass is 10.1. The molecular weight excluding hydrogens is 252 g/mol. The van der Waals surface area contributed by atoms with Gasteiger partial charge in [0.15, 0.2) is 0 Å². The number of hydrogen-bond donors (Lipinski definition) is 1. The van der Waals surface area contributed by atoms with Crippen LogP contribution in [0.15, 0.2) is 0 Å². The maximum absolute atomic E-state index is 12.1. The van der Waals surface area contributed by atoms with E-state index in [0.717, 1.165) is 37.9 Å². The first-order valence-electron chi connectivity index (χ1n) is 8.13. The van der Waals surface area contributed by atoms with Crippen LogP contribution in [0.3, 0.4) is 0 Å². The molecule has 0 spiro atoms. The number of carbonyl (C=O) groups is 1. The summed E-state index contributed by atoms with van der Waals surface area (Å²) in [7, 11) is 0. The van der Waals surface area contributed by atoms with Crippen LogP contribution in [-0.2, 0) is 4.74 Å². The van der Waals surface area contributed by atoms with Crippen LogP contribution in [0.1, 0.15) is 59.8 Å². The molecule has 0 aromatic rings. The van der Waals surface area contributed by atoms with Crippen molar-refractivity contribution in [1.82, 2.24) is 10.2 Å². The molecule has 20 heavy (non-hydrogen) atoms. The molecular formula is C16H30N2O2. The van der Waals surface area contributed by atoms with E-state index in [0.29, 0.717) is 6.04 Å². The van der Waals surface area contributed by atoms with Gasteiger partial charge in [-0.15, -0.1) is 0 Å². The molecule has 0 bridgehead atoms. The number of amides is 1. The predicted molar refractivity (Wildman–Crippen MR) is 80.8 cm³/mol. The van der Waals surface area contributed by atoms with Gasteiger partial charge in [-0.05, 0) is 52.4 Å². The highest BCUT2D eigenvalue weighted by Gasteiger charge is 2.37. The van der Waals surface area contributed by atoms with Crippen LogP contribution in [0, 0.1) is 5.92 Å². The minimum absolute atomic E-state index is 0.156. The van der Waals surface area contributed by atoms with Crippen molar-refractivity contribution >= 4 is 6.09 Å². The van der Waals surface area contributed by atoms with E-state index in [9.17, 15) is 4.79 Å². The largest absolute Gasteiger partial charge is 0.444 e. The second-order valence-electron chi connectivity index (χ2n) is 7.27. The van der Waals surface area contributed by atoms with Crippen molar-refractivity contribution in [3.63, 3.8) is 0 Å². The SMILES string of the molecule is CCC1CC1NC1CCCN(C(=O)OC(C)(C)C)CC1. The first-order chi connectivity index (χ1) is 9.39. The topological polar surface area (TPSA) is 41.6 Å². The smallest absolute Gasteiger partial charge is 0.410 e. The number of nitrogens with zero attached hydrogens (tertiary/aromatic N) is 1. The average molecular weight is 282 g/mol. The Balaban J connectivity index is 1.76. The quantitative estimate of drug-likeness (QED) is 0.864. The fourth-order valence-electron chi connectivity index (χ4n) is 2.98. The van der Waals surface area contributed by atoms with Crippen molar-refractivity contribution in [1.29, 1.82) is 0 Å². The lowest BCUT2D eigenvalue weighted by molar-refractivity contribution is 0.0256. The fourth-order valence-corrected chi connectivity index (χ4v) is 2.98. The molecule has 0 aromatic carbocycles. The van der Waals surface area contributed by atoms with Crippen molar-refractivity contribution in [3.8, 4) is 0 Å². The van der Waals surface area contributed by atoms with Crippen LogP contribution in [0.4, 0.5) is 4.79 Å². The first kappa shape index (κ1) is 15.6. The maximum Gasteiger partial charge on any atom is 0.410 e. The summed E-state index contributed by atoms with van der Waals surface area (Å²) in [6, 6.07) is 1.31. The summed E-state index contributed by atoms with van der Waals surface area (Å²) in [6.07, 6.45) is 5.76. The van der Waals surface area contributed by atoms with E-state index in [2.05, 4.69) is 12.2 Å². The highest BCUT2D eigenvalue weighted by atomic mass is 16.6. The Labute approximate surface area is 123 Å². The van der Waals surface area contributed by atoms with Gasteiger partial charge >= 0.3 is 6.09 Å². The highest BCUT2D eigenvalue weighted by Crippen LogP contribution is 2.34. The Morgan fingerprint density at radius 1 is 1.30 bits per heavy atom. The van der Waals surface area contributed by atoms with Crippen molar-refractivity contribution in [2.75, 3.05) is 13.1 Å². The third-order valence-corrected chi connectivity index (χ3v) is 4.28. The summed E-state index contributed by atoms with van der Waals surface area (Å²) < 4.78 is 5.46. The highest BCUT2D eigenvalue weighted by molar-refractivity contribution is 5.68. The molecule has 2 aliphatic rings. The summed E-state index contributed by atoms with van der Waals surface area (Å²) in [5.41, 5.74) is -0.399. The van der Waals surface area contributed by atoms with Gasteiger partial charge in [0, 0.05) is 25.2 Å². The molecule has 1 aliphatic carbocycles. The van der Waals surface area contributed by atoms with Crippen LogP contribution in [-0.4, -0.2) is 41.8 Å². The second kappa shape index (κ2) is 6.33. The molecule has 2 fully saturated rings. The van der Waals surface area contributed by atoms with E-state index in [1.54, 1.807) is 0 Å². The van der Waals surface area contributed by atoms with Gasteiger partial charge in [0.2, 0.25) is 0 Å². The zero-order chi connectivity index (χ0) is 14.8. The number of hydrogen-bond acceptors (Lipinski definition) is 3. The monoisotopic (exact) mass is 282 g/mol. The van der Waals surface area contributed by atoms with Gasteiger partial charge in [-0.3, -0.25) is 0 Å². The molecule has 0 radical (unpaired) electrons. The number of rotatable bonds is 3. The molecule has 4 heteroatoms. The van der Waals surface area contributed by atoms with Crippen LogP contribution >= 0.6 is 0 Å². The van der Waals surface area contributed by atoms with Gasteiger partial charge < -0.3 is 15.0 Å². The molecule has 1 aliphatic heterocycles. The number of carbonyl (C=O) groups excluding carboxylic acids is 1. The minimum Gasteiger partial charge on any atom is -0.444 e. The molecule has 3 unspecified atom stereocenters. The number of ether oxygens (including phenoxy) is 1. The Morgan fingerprint density at radius 3 is 2.65 bits per heavy atom. The van der Waals surface area contributed by atoms with Gasteiger partial charge in [0.25, 0.3) is 0 Å². The molecule has 0 aromatic heterocycles. The summed E-state index contributed by atoms with van der Waals surface area (Å²) in [5, 5.41) is 3.76. The van der Waals surface area contributed by atoms with Crippen molar-refractivity contribution < 1.29 is 9.53 Å². The lowest BCUT2D eigenvalue weighted by Crippen LogP contribution is -2.38. The van der Waals surface area contributed by atoms with Gasteiger partial charge in [-0.25, -0.2) is 4.79 Å². The predicted octanol–water partition coefficient (Wildman–Crippen LogP) is 3.16. The summed E-state index contributed by atoms with van der Waals surface area (Å²) >= 11 is 0.